The highest BCUT2D eigenvalue weighted by atomic mass is 35.5. The maximum Gasteiger partial charge on any atom is 0.270 e. The van der Waals surface area contributed by atoms with E-state index in [0.29, 0.717) is 23.7 Å². The Morgan fingerprint density at radius 1 is 1.23 bits per heavy atom. The van der Waals surface area contributed by atoms with Crippen LogP contribution >= 0.6 is 11.6 Å². The zero-order chi connectivity index (χ0) is 16.1. The van der Waals surface area contributed by atoms with Crippen molar-refractivity contribution in [2.75, 3.05) is 6.54 Å². The molecule has 0 saturated carbocycles. The first-order chi connectivity index (χ1) is 10.5. The second-order valence-electron chi connectivity index (χ2n) is 4.72. The van der Waals surface area contributed by atoms with Crippen molar-refractivity contribution < 1.29 is 9.72 Å². The molecule has 0 unspecified atom stereocenters. The molecule has 0 heterocycles. The Hall–Kier alpha value is -2.40. The summed E-state index contributed by atoms with van der Waals surface area (Å²) in [5.41, 5.74) is 1.03. The molecule has 0 atom stereocenters. The Bertz CT molecular complexity index is 703. The summed E-state index contributed by atoms with van der Waals surface area (Å²) in [6.07, 6.45) is 0. The molecule has 0 fully saturated rings. The minimum atomic E-state index is -0.513. The van der Waals surface area contributed by atoms with Gasteiger partial charge in [-0.2, -0.15) is 0 Å². The number of halogens is 1. The van der Waals surface area contributed by atoms with E-state index in [2.05, 4.69) is 0 Å². The fourth-order valence-corrected chi connectivity index (χ4v) is 2.29. The van der Waals surface area contributed by atoms with Crippen LogP contribution in [0.25, 0.3) is 0 Å². The van der Waals surface area contributed by atoms with E-state index in [1.807, 2.05) is 25.1 Å². The van der Waals surface area contributed by atoms with Gasteiger partial charge in [0.05, 0.1) is 4.92 Å². The summed E-state index contributed by atoms with van der Waals surface area (Å²) in [6.45, 7) is 2.69. The second kappa shape index (κ2) is 7.04. The molecule has 0 aliphatic heterocycles. The van der Waals surface area contributed by atoms with Crippen molar-refractivity contribution in [2.24, 2.45) is 0 Å². The molecule has 22 heavy (non-hydrogen) atoms. The molecule has 0 N–H and O–H groups in total. The molecule has 2 aromatic carbocycles. The van der Waals surface area contributed by atoms with Crippen LogP contribution in [0, 0.1) is 10.1 Å². The van der Waals surface area contributed by atoms with E-state index in [9.17, 15) is 14.9 Å². The first kappa shape index (κ1) is 16.0. The van der Waals surface area contributed by atoms with Crippen LogP contribution in [-0.4, -0.2) is 22.3 Å². The van der Waals surface area contributed by atoms with Gasteiger partial charge in [-0.1, -0.05) is 35.9 Å². The number of amides is 1. The summed E-state index contributed by atoms with van der Waals surface area (Å²) in [4.78, 5) is 24.4. The van der Waals surface area contributed by atoms with Gasteiger partial charge in [-0.3, -0.25) is 14.9 Å². The van der Waals surface area contributed by atoms with Crippen LogP contribution in [0.15, 0.2) is 48.5 Å². The van der Waals surface area contributed by atoms with Gasteiger partial charge in [0.2, 0.25) is 0 Å². The SMILES string of the molecule is CCN(Cc1ccccc1Cl)C(=O)c1cccc([N+](=O)[O-])c1. The fourth-order valence-electron chi connectivity index (χ4n) is 2.09. The fraction of sp³-hybridized carbons (Fsp3) is 0.188. The summed E-state index contributed by atoms with van der Waals surface area (Å²) in [5.74, 6) is -0.258. The third-order valence-corrected chi connectivity index (χ3v) is 3.66. The van der Waals surface area contributed by atoms with Crippen LogP contribution < -0.4 is 0 Å². The third-order valence-electron chi connectivity index (χ3n) is 3.29. The van der Waals surface area contributed by atoms with E-state index in [1.54, 1.807) is 17.0 Å². The Kier molecular flexibility index (Phi) is 5.12. The summed E-state index contributed by atoms with van der Waals surface area (Å²) >= 11 is 6.12. The Balaban J connectivity index is 2.24. The number of nitro benzene ring substituents is 1. The van der Waals surface area contributed by atoms with E-state index in [-0.39, 0.29) is 11.6 Å². The van der Waals surface area contributed by atoms with Crippen molar-refractivity contribution in [3.63, 3.8) is 0 Å². The number of carbonyl (C=O) groups excluding carboxylic acids is 1. The van der Waals surface area contributed by atoms with E-state index in [0.717, 1.165) is 5.56 Å². The highest BCUT2D eigenvalue weighted by Gasteiger charge is 2.18. The summed E-state index contributed by atoms with van der Waals surface area (Å²) in [5, 5.41) is 11.4. The monoisotopic (exact) mass is 318 g/mol. The zero-order valence-electron chi connectivity index (χ0n) is 12.0. The van der Waals surface area contributed by atoms with Gasteiger partial charge in [0.1, 0.15) is 0 Å². The van der Waals surface area contributed by atoms with E-state index >= 15 is 0 Å². The number of nitrogens with zero attached hydrogens (tertiary/aromatic N) is 2. The van der Waals surface area contributed by atoms with E-state index < -0.39 is 4.92 Å². The van der Waals surface area contributed by atoms with Crippen LogP contribution in [0.2, 0.25) is 5.02 Å². The molecular weight excluding hydrogens is 304 g/mol. The molecule has 0 aliphatic carbocycles. The standard InChI is InChI=1S/C16H15ClN2O3/c1-2-18(11-13-6-3-4-9-15(13)17)16(20)12-7-5-8-14(10-12)19(21)22/h3-10H,2,11H2,1H3. The van der Waals surface area contributed by atoms with Gasteiger partial charge in [-0.05, 0) is 24.6 Å². The highest BCUT2D eigenvalue weighted by molar-refractivity contribution is 6.31. The number of rotatable bonds is 5. The molecule has 114 valence electrons. The molecule has 0 aliphatic rings. The van der Waals surface area contributed by atoms with Gasteiger partial charge in [-0.15, -0.1) is 0 Å². The molecule has 5 nitrogen and oxygen atoms in total. The van der Waals surface area contributed by atoms with E-state index in [1.165, 1.54) is 18.2 Å². The number of benzene rings is 2. The number of hydrogen-bond donors (Lipinski definition) is 0. The largest absolute Gasteiger partial charge is 0.335 e. The lowest BCUT2D eigenvalue weighted by atomic mass is 10.1. The van der Waals surface area contributed by atoms with Crippen LogP contribution in [0.3, 0.4) is 0 Å². The maximum atomic E-state index is 12.5. The second-order valence-corrected chi connectivity index (χ2v) is 5.13. The van der Waals surface area contributed by atoms with Crippen molar-refractivity contribution >= 4 is 23.2 Å². The zero-order valence-corrected chi connectivity index (χ0v) is 12.8. The van der Waals surface area contributed by atoms with Crippen molar-refractivity contribution in [3.8, 4) is 0 Å². The van der Waals surface area contributed by atoms with Crippen molar-refractivity contribution in [2.45, 2.75) is 13.5 Å². The third kappa shape index (κ3) is 3.62. The summed E-state index contributed by atoms with van der Waals surface area (Å²) in [7, 11) is 0. The molecule has 0 radical (unpaired) electrons. The van der Waals surface area contributed by atoms with Crippen LogP contribution in [0.1, 0.15) is 22.8 Å². The smallest absolute Gasteiger partial charge is 0.270 e. The predicted molar refractivity (Wildman–Crippen MR) is 85.0 cm³/mol. The van der Waals surface area contributed by atoms with Crippen molar-refractivity contribution in [1.29, 1.82) is 0 Å². The maximum absolute atomic E-state index is 12.5. The minimum absolute atomic E-state index is 0.0975. The number of non-ortho nitro benzene ring substituents is 1. The molecule has 2 aromatic rings. The van der Waals surface area contributed by atoms with Crippen molar-refractivity contribution in [3.05, 3.63) is 74.8 Å². The molecule has 0 spiro atoms. The molecular formula is C16H15ClN2O3. The Labute approximate surface area is 133 Å². The van der Waals surface area contributed by atoms with Crippen molar-refractivity contribution in [1.82, 2.24) is 4.90 Å². The first-order valence-corrected chi connectivity index (χ1v) is 7.18. The number of hydrogen-bond acceptors (Lipinski definition) is 3. The normalized spacial score (nSPS) is 10.3. The summed E-state index contributed by atoms with van der Waals surface area (Å²) in [6, 6.07) is 13.0. The quantitative estimate of drug-likeness (QED) is 0.620. The topological polar surface area (TPSA) is 63.5 Å². The molecule has 1 amide bonds. The molecule has 6 heteroatoms. The van der Waals surface area contributed by atoms with Crippen LogP contribution in [0.5, 0.6) is 0 Å². The van der Waals surface area contributed by atoms with Gasteiger partial charge < -0.3 is 4.90 Å². The van der Waals surface area contributed by atoms with Gasteiger partial charge >= 0.3 is 0 Å². The Morgan fingerprint density at radius 3 is 2.59 bits per heavy atom. The lowest BCUT2D eigenvalue weighted by Crippen LogP contribution is -2.30. The van der Waals surface area contributed by atoms with Gasteiger partial charge in [0, 0.05) is 35.8 Å². The van der Waals surface area contributed by atoms with Crippen LogP contribution in [0.4, 0.5) is 5.69 Å². The van der Waals surface area contributed by atoms with Gasteiger partial charge in [0.25, 0.3) is 11.6 Å². The lowest BCUT2D eigenvalue weighted by Gasteiger charge is -2.21. The van der Waals surface area contributed by atoms with Gasteiger partial charge in [-0.25, -0.2) is 0 Å². The minimum Gasteiger partial charge on any atom is -0.335 e. The predicted octanol–water partition coefficient (Wildman–Crippen LogP) is 3.91. The molecule has 2 rings (SSSR count). The van der Waals surface area contributed by atoms with Gasteiger partial charge in [0.15, 0.2) is 0 Å². The number of carbonyl (C=O) groups is 1. The molecule has 0 saturated heterocycles. The lowest BCUT2D eigenvalue weighted by molar-refractivity contribution is -0.384. The highest BCUT2D eigenvalue weighted by Crippen LogP contribution is 2.19. The molecule has 0 aromatic heterocycles. The average molecular weight is 319 g/mol. The average Bonchev–Trinajstić information content (AvgIpc) is 2.53. The molecule has 0 bridgehead atoms. The Morgan fingerprint density at radius 2 is 1.95 bits per heavy atom. The number of nitro groups is 1. The van der Waals surface area contributed by atoms with Crippen LogP contribution in [-0.2, 0) is 6.54 Å². The first-order valence-electron chi connectivity index (χ1n) is 6.80. The summed E-state index contributed by atoms with van der Waals surface area (Å²) < 4.78 is 0. The van der Waals surface area contributed by atoms with E-state index in [4.69, 9.17) is 11.6 Å².